The SMILES string of the molecule is Cc1ccc2nc(-c3ccc(NC(=O)CN(c4cc(Cl)ccc4C)S(=O)(=O)c4ccccc4)cc3)sc2c1. The molecule has 0 atom stereocenters. The normalized spacial score (nSPS) is 11.4. The van der Waals surface area contributed by atoms with E-state index in [1.54, 1.807) is 66.8 Å². The molecular formula is C29H24ClN3O3S2. The molecule has 4 aromatic carbocycles. The van der Waals surface area contributed by atoms with E-state index in [4.69, 9.17) is 16.6 Å². The van der Waals surface area contributed by atoms with Crippen LogP contribution in [0.5, 0.6) is 0 Å². The number of nitrogens with one attached hydrogen (secondary N) is 1. The monoisotopic (exact) mass is 561 g/mol. The number of benzene rings is 4. The van der Waals surface area contributed by atoms with Crippen LogP contribution in [0.2, 0.25) is 5.02 Å². The van der Waals surface area contributed by atoms with Crippen LogP contribution < -0.4 is 9.62 Å². The summed E-state index contributed by atoms with van der Waals surface area (Å²) in [5.74, 6) is -0.480. The van der Waals surface area contributed by atoms with Gasteiger partial charge in [0, 0.05) is 16.3 Å². The number of halogens is 1. The predicted molar refractivity (Wildman–Crippen MR) is 156 cm³/mol. The number of aryl methyl sites for hydroxylation is 2. The summed E-state index contributed by atoms with van der Waals surface area (Å²) in [6.45, 7) is 3.41. The summed E-state index contributed by atoms with van der Waals surface area (Å²) in [4.78, 5) is 17.9. The van der Waals surface area contributed by atoms with E-state index >= 15 is 0 Å². The summed E-state index contributed by atoms with van der Waals surface area (Å²) >= 11 is 7.81. The van der Waals surface area contributed by atoms with Crippen molar-refractivity contribution in [2.75, 3.05) is 16.2 Å². The average molecular weight is 562 g/mol. The maximum atomic E-state index is 13.6. The molecule has 0 aliphatic rings. The van der Waals surface area contributed by atoms with E-state index in [2.05, 4.69) is 18.3 Å². The largest absolute Gasteiger partial charge is 0.325 e. The molecular weight excluding hydrogens is 538 g/mol. The van der Waals surface area contributed by atoms with Crippen molar-refractivity contribution >= 4 is 60.5 Å². The van der Waals surface area contributed by atoms with E-state index in [9.17, 15) is 13.2 Å². The van der Waals surface area contributed by atoms with Gasteiger partial charge in [0.2, 0.25) is 5.91 Å². The van der Waals surface area contributed by atoms with Gasteiger partial charge < -0.3 is 5.32 Å². The van der Waals surface area contributed by atoms with Crippen molar-refractivity contribution in [2.45, 2.75) is 18.7 Å². The minimum absolute atomic E-state index is 0.0857. The molecule has 1 amide bonds. The minimum Gasteiger partial charge on any atom is -0.325 e. The lowest BCUT2D eigenvalue weighted by Gasteiger charge is -2.26. The Labute approximate surface area is 230 Å². The van der Waals surface area contributed by atoms with Crippen LogP contribution in [-0.4, -0.2) is 25.9 Å². The number of aromatic nitrogens is 1. The van der Waals surface area contributed by atoms with E-state index in [1.807, 2.05) is 24.3 Å². The van der Waals surface area contributed by atoms with E-state index in [-0.39, 0.29) is 4.90 Å². The first-order chi connectivity index (χ1) is 18.2. The number of nitrogens with zero attached hydrogens (tertiary/aromatic N) is 2. The first-order valence-corrected chi connectivity index (χ1v) is 14.5. The highest BCUT2D eigenvalue weighted by Crippen LogP contribution is 2.32. The first-order valence-electron chi connectivity index (χ1n) is 11.8. The molecule has 38 heavy (non-hydrogen) atoms. The van der Waals surface area contributed by atoms with Crippen LogP contribution >= 0.6 is 22.9 Å². The van der Waals surface area contributed by atoms with Crippen LogP contribution in [0.25, 0.3) is 20.8 Å². The summed E-state index contributed by atoms with van der Waals surface area (Å²) in [5.41, 5.74) is 4.64. The molecule has 0 aliphatic heterocycles. The van der Waals surface area contributed by atoms with Crippen molar-refractivity contribution in [3.63, 3.8) is 0 Å². The standard InChI is InChI=1S/C29H24ClN3O3S2/c1-19-8-15-25-27(16-19)37-29(32-25)21-10-13-23(14-11-21)31-28(34)18-33(26-17-22(30)12-9-20(26)2)38(35,36)24-6-4-3-5-7-24/h3-17H,18H2,1-2H3,(H,31,34). The van der Waals surface area contributed by atoms with Crippen LogP contribution in [0, 0.1) is 13.8 Å². The molecule has 192 valence electrons. The zero-order valence-electron chi connectivity index (χ0n) is 20.7. The Morgan fingerprint density at radius 1 is 0.947 bits per heavy atom. The van der Waals surface area contributed by atoms with Gasteiger partial charge in [-0.05, 0) is 85.6 Å². The highest BCUT2D eigenvalue weighted by molar-refractivity contribution is 7.92. The molecule has 0 spiro atoms. The quantitative estimate of drug-likeness (QED) is 0.230. The van der Waals surface area contributed by atoms with Gasteiger partial charge in [0.1, 0.15) is 11.6 Å². The summed E-state index contributed by atoms with van der Waals surface area (Å²) in [6.07, 6.45) is 0. The number of sulfonamides is 1. The van der Waals surface area contributed by atoms with Crippen molar-refractivity contribution < 1.29 is 13.2 Å². The fraction of sp³-hybridized carbons (Fsp3) is 0.103. The molecule has 1 aromatic heterocycles. The number of fused-ring (bicyclic) bond motifs is 1. The Bertz CT molecular complexity index is 1730. The number of hydrogen-bond donors (Lipinski definition) is 1. The van der Waals surface area contributed by atoms with Gasteiger partial charge in [-0.3, -0.25) is 9.10 Å². The molecule has 1 heterocycles. The molecule has 0 bridgehead atoms. The second-order valence-corrected chi connectivity index (χ2v) is 12.2. The number of thiazole rings is 1. The highest BCUT2D eigenvalue weighted by atomic mass is 35.5. The number of rotatable bonds is 7. The summed E-state index contributed by atoms with van der Waals surface area (Å²) in [6, 6.07) is 26.5. The molecule has 0 saturated carbocycles. The molecule has 0 aliphatic carbocycles. The van der Waals surface area contributed by atoms with Crippen molar-refractivity contribution in [3.05, 3.63) is 107 Å². The number of amides is 1. The zero-order chi connectivity index (χ0) is 26.9. The van der Waals surface area contributed by atoms with Gasteiger partial charge in [0.05, 0.1) is 20.8 Å². The van der Waals surface area contributed by atoms with E-state index in [0.29, 0.717) is 22.0 Å². The van der Waals surface area contributed by atoms with E-state index < -0.39 is 22.5 Å². The van der Waals surface area contributed by atoms with Crippen LogP contribution in [0.4, 0.5) is 11.4 Å². The van der Waals surface area contributed by atoms with E-state index in [1.165, 1.54) is 17.7 Å². The minimum atomic E-state index is -4.03. The summed E-state index contributed by atoms with van der Waals surface area (Å²) in [5, 5.41) is 4.08. The van der Waals surface area contributed by atoms with Gasteiger partial charge in [0.15, 0.2) is 0 Å². The molecule has 9 heteroatoms. The third-order valence-electron chi connectivity index (χ3n) is 6.02. The molecule has 1 N–H and O–H groups in total. The Kier molecular flexibility index (Phi) is 7.21. The zero-order valence-corrected chi connectivity index (χ0v) is 23.1. The fourth-order valence-corrected chi connectivity index (χ4v) is 6.79. The predicted octanol–water partition coefficient (Wildman–Crippen LogP) is 7.07. The van der Waals surface area contributed by atoms with Crippen LogP contribution in [0.3, 0.4) is 0 Å². The molecule has 6 nitrogen and oxygen atoms in total. The Morgan fingerprint density at radius 3 is 2.42 bits per heavy atom. The number of hydrogen-bond acceptors (Lipinski definition) is 5. The Hall–Kier alpha value is -3.72. The lowest BCUT2D eigenvalue weighted by Crippen LogP contribution is -2.38. The van der Waals surface area contributed by atoms with Gasteiger partial charge in [-0.15, -0.1) is 11.3 Å². The lowest BCUT2D eigenvalue weighted by molar-refractivity contribution is -0.114. The third kappa shape index (κ3) is 5.43. The maximum Gasteiger partial charge on any atom is 0.264 e. The Morgan fingerprint density at radius 2 is 1.68 bits per heavy atom. The van der Waals surface area contributed by atoms with Crippen molar-refractivity contribution in [3.8, 4) is 10.6 Å². The average Bonchev–Trinajstić information content (AvgIpc) is 3.33. The maximum absolute atomic E-state index is 13.6. The Balaban J connectivity index is 1.39. The van der Waals surface area contributed by atoms with Crippen molar-refractivity contribution in [1.29, 1.82) is 0 Å². The third-order valence-corrected chi connectivity index (χ3v) is 9.09. The molecule has 0 saturated heterocycles. The van der Waals surface area contributed by atoms with Crippen LogP contribution in [0.1, 0.15) is 11.1 Å². The second kappa shape index (κ2) is 10.6. The van der Waals surface area contributed by atoms with Gasteiger partial charge >= 0.3 is 0 Å². The smallest absolute Gasteiger partial charge is 0.264 e. The van der Waals surface area contributed by atoms with E-state index in [0.717, 1.165) is 25.1 Å². The summed E-state index contributed by atoms with van der Waals surface area (Å²) < 4.78 is 29.4. The van der Waals surface area contributed by atoms with Crippen LogP contribution in [0.15, 0.2) is 95.9 Å². The molecule has 5 aromatic rings. The van der Waals surface area contributed by atoms with Crippen molar-refractivity contribution in [1.82, 2.24) is 4.98 Å². The number of carbonyl (C=O) groups excluding carboxylic acids is 1. The number of anilines is 2. The summed E-state index contributed by atoms with van der Waals surface area (Å²) in [7, 11) is -4.03. The van der Waals surface area contributed by atoms with Gasteiger partial charge in [-0.25, -0.2) is 13.4 Å². The molecule has 0 unspecified atom stereocenters. The molecule has 0 fully saturated rings. The second-order valence-electron chi connectivity index (χ2n) is 8.87. The van der Waals surface area contributed by atoms with Gasteiger partial charge in [-0.2, -0.15) is 0 Å². The number of carbonyl (C=O) groups is 1. The fourth-order valence-electron chi connectivity index (χ4n) is 4.05. The van der Waals surface area contributed by atoms with Crippen molar-refractivity contribution in [2.24, 2.45) is 0 Å². The van der Waals surface area contributed by atoms with Gasteiger partial charge in [-0.1, -0.05) is 41.9 Å². The lowest BCUT2D eigenvalue weighted by atomic mass is 10.2. The van der Waals surface area contributed by atoms with Crippen LogP contribution in [-0.2, 0) is 14.8 Å². The highest BCUT2D eigenvalue weighted by Gasteiger charge is 2.28. The molecule has 0 radical (unpaired) electrons. The first kappa shape index (κ1) is 25.9. The topological polar surface area (TPSA) is 79.4 Å². The molecule has 5 rings (SSSR count). The van der Waals surface area contributed by atoms with Gasteiger partial charge in [0.25, 0.3) is 10.0 Å².